The highest BCUT2D eigenvalue weighted by Crippen LogP contribution is 2.39. The second-order valence-electron chi connectivity index (χ2n) is 12.9. The van der Waals surface area contributed by atoms with Gasteiger partial charge in [-0.3, -0.25) is 0 Å². The van der Waals surface area contributed by atoms with Gasteiger partial charge in [-0.25, -0.2) is 0 Å². The molecule has 0 spiro atoms. The molecule has 0 radical (unpaired) electrons. The molecule has 0 amide bonds. The molecule has 0 N–H and O–H groups in total. The number of para-hydroxylation sites is 3. The number of aromatic nitrogens is 2. The summed E-state index contributed by atoms with van der Waals surface area (Å²) in [6, 6.07) is 65.1. The Bertz CT molecular complexity index is 2950. The van der Waals surface area contributed by atoms with Gasteiger partial charge in [-0.1, -0.05) is 97.1 Å². The van der Waals surface area contributed by atoms with Gasteiger partial charge in [0.05, 0.1) is 33.7 Å². The van der Waals surface area contributed by atoms with Crippen molar-refractivity contribution in [2.75, 3.05) is 0 Å². The van der Waals surface area contributed by atoms with Gasteiger partial charge in [0.25, 0.3) is 0 Å². The number of hydrogen-bond acceptors (Lipinski definition) is 2. The average Bonchev–Trinajstić information content (AvgIpc) is 3.91. The molecule has 0 unspecified atom stereocenters. The third-order valence-corrected chi connectivity index (χ3v) is 11.2. The number of rotatable bonds is 5. The van der Waals surface area contributed by atoms with E-state index in [2.05, 4.69) is 167 Å². The fourth-order valence-corrected chi connectivity index (χ4v) is 8.59. The van der Waals surface area contributed by atoms with Gasteiger partial charge in [-0.15, -0.1) is 11.3 Å². The lowest BCUT2D eigenvalue weighted by atomic mass is 10.0. The predicted molar refractivity (Wildman–Crippen MR) is 214 cm³/mol. The highest BCUT2D eigenvalue weighted by Gasteiger charge is 2.17. The Balaban J connectivity index is 1.04. The average molecular weight is 668 g/mol. The van der Waals surface area contributed by atoms with E-state index in [9.17, 15) is 0 Å². The Hall–Kier alpha value is -6.67. The van der Waals surface area contributed by atoms with E-state index < -0.39 is 0 Å². The maximum atomic E-state index is 9.15. The van der Waals surface area contributed by atoms with Crippen LogP contribution in [0.4, 0.5) is 0 Å². The van der Waals surface area contributed by atoms with E-state index in [1.165, 1.54) is 70.1 Å². The molecule has 3 nitrogen and oxygen atoms in total. The molecule has 7 aromatic carbocycles. The van der Waals surface area contributed by atoms with Crippen LogP contribution in [-0.4, -0.2) is 9.13 Å². The van der Waals surface area contributed by atoms with E-state index in [4.69, 9.17) is 5.26 Å². The van der Waals surface area contributed by atoms with Crippen molar-refractivity contribution >= 4 is 54.9 Å². The first kappa shape index (κ1) is 29.3. The molecule has 51 heavy (non-hydrogen) atoms. The lowest BCUT2D eigenvalue weighted by molar-refractivity contribution is 1.17. The van der Waals surface area contributed by atoms with E-state index in [1.807, 2.05) is 24.3 Å². The minimum atomic E-state index is 0.679. The lowest BCUT2D eigenvalue weighted by Gasteiger charge is -2.10. The first-order chi connectivity index (χ1) is 25.2. The quantitative estimate of drug-likeness (QED) is 0.180. The zero-order valence-corrected chi connectivity index (χ0v) is 28.3. The molecule has 0 aliphatic carbocycles. The van der Waals surface area contributed by atoms with Crippen molar-refractivity contribution < 1.29 is 0 Å². The number of hydrogen-bond donors (Lipinski definition) is 0. The van der Waals surface area contributed by atoms with Crippen LogP contribution in [0.25, 0.3) is 87.0 Å². The van der Waals surface area contributed by atoms with Crippen LogP contribution >= 0.6 is 11.3 Å². The van der Waals surface area contributed by atoms with Crippen molar-refractivity contribution in [1.29, 1.82) is 5.26 Å². The van der Waals surface area contributed by atoms with Crippen molar-refractivity contribution in [2.24, 2.45) is 0 Å². The van der Waals surface area contributed by atoms with Crippen LogP contribution in [0.15, 0.2) is 176 Å². The second kappa shape index (κ2) is 11.7. The van der Waals surface area contributed by atoms with E-state index in [1.54, 1.807) is 11.3 Å². The molecule has 238 valence electrons. The summed E-state index contributed by atoms with van der Waals surface area (Å²) in [7, 11) is 0. The van der Waals surface area contributed by atoms with Crippen LogP contribution in [0, 0.1) is 11.3 Å². The van der Waals surface area contributed by atoms with Gasteiger partial charge in [0, 0.05) is 42.7 Å². The van der Waals surface area contributed by atoms with Crippen LogP contribution < -0.4 is 0 Å². The first-order valence-electron chi connectivity index (χ1n) is 17.1. The van der Waals surface area contributed by atoms with Crippen LogP contribution in [0.1, 0.15) is 5.56 Å². The van der Waals surface area contributed by atoms with Crippen LogP contribution in [-0.2, 0) is 0 Å². The number of nitriles is 1. The minimum Gasteiger partial charge on any atom is -0.309 e. The SMILES string of the molecule is N#Cc1ccc(-c2ccc(-c3ccc(-c4ccc5c(c4)c4ccccc4n5-c4ccc5c(c4)c4ccccc4n5-c4ccccc4)cc3)s2)cc1. The van der Waals surface area contributed by atoms with Crippen molar-refractivity contribution in [3.63, 3.8) is 0 Å². The van der Waals surface area contributed by atoms with Gasteiger partial charge in [0.2, 0.25) is 0 Å². The highest BCUT2D eigenvalue weighted by atomic mass is 32.1. The van der Waals surface area contributed by atoms with E-state index in [0.29, 0.717) is 5.56 Å². The Labute approximate surface area is 299 Å². The van der Waals surface area contributed by atoms with Gasteiger partial charge in [-0.2, -0.15) is 5.26 Å². The Morgan fingerprint density at radius 3 is 1.51 bits per heavy atom. The zero-order chi connectivity index (χ0) is 33.9. The molecule has 10 rings (SSSR count). The molecule has 3 heterocycles. The fraction of sp³-hybridized carbons (Fsp3) is 0. The topological polar surface area (TPSA) is 33.6 Å². The Morgan fingerprint density at radius 1 is 0.373 bits per heavy atom. The van der Waals surface area contributed by atoms with Crippen molar-refractivity contribution in [3.8, 4) is 49.5 Å². The minimum absolute atomic E-state index is 0.679. The highest BCUT2D eigenvalue weighted by molar-refractivity contribution is 7.18. The van der Waals surface area contributed by atoms with Crippen molar-refractivity contribution in [1.82, 2.24) is 9.13 Å². The first-order valence-corrected chi connectivity index (χ1v) is 17.9. The van der Waals surface area contributed by atoms with E-state index in [-0.39, 0.29) is 0 Å². The van der Waals surface area contributed by atoms with Crippen LogP contribution in [0.2, 0.25) is 0 Å². The molecule has 0 fully saturated rings. The summed E-state index contributed by atoms with van der Waals surface area (Å²) >= 11 is 1.77. The molecule has 0 bridgehead atoms. The number of thiophene rings is 1. The molecule has 4 heteroatoms. The van der Waals surface area contributed by atoms with Gasteiger partial charge in [0.15, 0.2) is 0 Å². The molecule has 0 atom stereocenters. The smallest absolute Gasteiger partial charge is 0.0991 e. The lowest BCUT2D eigenvalue weighted by Crippen LogP contribution is -1.95. The molecule has 0 saturated carbocycles. The third kappa shape index (κ3) is 4.79. The maximum absolute atomic E-state index is 9.15. The summed E-state index contributed by atoms with van der Waals surface area (Å²) in [5.41, 5.74) is 12.5. The Kier molecular flexibility index (Phi) is 6.74. The van der Waals surface area contributed by atoms with Gasteiger partial charge in [0.1, 0.15) is 0 Å². The van der Waals surface area contributed by atoms with Crippen LogP contribution in [0.3, 0.4) is 0 Å². The summed E-state index contributed by atoms with van der Waals surface area (Å²) in [5.74, 6) is 0. The largest absolute Gasteiger partial charge is 0.309 e. The number of benzene rings is 7. The molecular formula is C47H29N3S. The van der Waals surface area contributed by atoms with E-state index >= 15 is 0 Å². The third-order valence-electron chi connectivity index (χ3n) is 10.0. The van der Waals surface area contributed by atoms with Crippen molar-refractivity contribution in [2.45, 2.75) is 0 Å². The van der Waals surface area contributed by atoms with Crippen LogP contribution in [0.5, 0.6) is 0 Å². The van der Waals surface area contributed by atoms with E-state index in [0.717, 1.165) is 16.9 Å². The summed E-state index contributed by atoms with van der Waals surface area (Å²) in [6.07, 6.45) is 0. The van der Waals surface area contributed by atoms with Gasteiger partial charge >= 0.3 is 0 Å². The fourth-order valence-electron chi connectivity index (χ4n) is 7.57. The van der Waals surface area contributed by atoms with Crippen molar-refractivity contribution in [3.05, 3.63) is 181 Å². The summed E-state index contributed by atoms with van der Waals surface area (Å²) < 4.78 is 4.78. The number of nitrogens with zero attached hydrogens (tertiary/aromatic N) is 3. The molecule has 3 aromatic heterocycles. The maximum Gasteiger partial charge on any atom is 0.0991 e. The normalized spacial score (nSPS) is 11.5. The molecule has 0 saturated heterocycles. The number of fused-ring (bicyclic) bond motifs is 6. The Morgan fingerprint density at radius 2 is 0.863 bits per heavy atom. The molecular weight excluding hydrogens is 639 g/mol. The molecule has 0 aliphatic rings. The summed E-state index contributed by atoms with van der Waals surface area (Å²) in [6.45, 7) is 0. The monoisotopic (exact) mass is 667 g/mol. The van der Waals surface area contributed by atoms with Gasteiger partial charge < -0.3 is 9.13 Å². The zero-order valence-electron chi connectivity index (χ0n) is 27.5. The summed E-state index contributed by atoms with van der Waals surface area (Å²) in [4.78, 5) is 2.42. The predicted octanol–water partition coefficient (Wildman–Crippen LogP) is 12.8. The molecule has 0 aliphatic heterocycles. The molecule has 10 aromatic rings. The summed E-state index contributed by atoms with van der Waals surface area (Å²) in [5, 5.41) is 14.1. The van der Waals surface area contributed by atoms with Gasteiger partial charge in [-0.05, 0) is 101 Å². The standard InChI is InChI=1S/C47H29N3S/c48-30-31-14-16-33(17-15-31)46-26-27-47(51-46)34-20-18-32(19-21-34)35-22-24-44-40(28-35)38-10-4-7-13-43(38)50(44)37-23-25-45-41(29-37)39-11-5-6-12-42(39)49(45)36-8-2-1-3-9-36/h1-29H. The second-order valence-corrected chi connectivity index (χ2v) is 14.0.